The van der Waals surface area contributed by atoms with Crippen LogP contribution < -0.4 is 5.32 Å². The zero-order chi connectivity index (χ0) is 13.8. The zero-order valence-electron chi connectivity index (χ0n) is 9.79. The van der Waals surface area contributed by atoms with Gasteiger partial charge in [-0.3, -0.25) is 4.79 Å². The van der Waals surface area contributed by atoms with E-state index in [1.165, 1.54) is 0 Å². The lowest BCUT2D eigenvalue weighted by molar-refractivity contribution is 0.102. The SMILES string of the molecule is O=C(Nc1ccccc1CCl)c1cc(F)ccc1F. The van der Waals surface area contributed by atoms with Crippen LogP contribution in [0.15, 0.2) is 42.5 Å². The van der Waals surface area contributed by atoms with Gasteiger partial charge >= 0.3 is 0 Å². The van der Waals surface area contributed by atoms with Gasteiger partial charge in [0.1, 0.15) is 11.6 Å². The maximum atomic E-state index is 13.5. The molecule has 0 aliphatic heterocycles. The highest BCUT2D eigenvalue weighted by molar-refractivity contribution is 6.17. The van der Waals surface area contributed by atoms with Crippen LogP contribution in [0, 0.1) is 11.6 Å². The summed E-state index contributed by atoms with van der Waals surface area (Å²) in [7, 11) is 0. The van der Waals surface area contributed by atoms with Crippen LogP contribution in [0.3, 0.4) is 0 Å². The summed E-state index contributed by atoms with van der Waals surface area (Å²) < 4.78 is 26.5. The van der Waals surface area contributed by atoms with Gasteiger partial charge < -0.3 is 5.32 Å². The molecule has 2 aromatic carbocycles. The van der Waals surface area contributed by atoms with Crippen LogP contribution >= 0.6 is 11.6 Å². The smallest absolute Gasteiger partial charge is 0.258 e. The lowest BCUT2D eigenvalue weighted by Crippen LogP contribution is -2.15. The first-order chi connectivity index (χ1) is 9.11. The van der Waals surface area contributed by atoms with Gasteiger partial charge in [-0.2, -0.15) is 0 Å². The van der Waals surface area contributed by atoms with Gasteiger partial charge in [0.25, 0.3) is 5.91 Å². The van der Waals surface area contributed by atoms with Crippen LogP contribution in [0.1, 0.15) is 15.9 Å². The normalized spacial score (nSPS) is 10.3. The van der Waals surface area contributed by atoms with E-state index in [0.29, 0.717) is 11.3 Å². The molecule has 0 spiro atoms. The molecule has 0 heterocycles. The highest BCUT2D eigenvalue weighted by Crippen LogP contribution is 2.19. The number of benzene rings is 2. The predicted molar refractivity (Wildman–Crippen MR) is 70.3 cm³/mol. The van der Waals surface area contributed by atoms with E-state index in [4.69, 9.17) is 11.6 Å². The van der Waals surface area contributed by atoms with Crippen LogP contribution in [-0.2, 0) is 5.88 Å². The molecular weight excluding hydrogens is 272 g/mol. The number of rotatable bonds is 3. The van der Waals surface area contributed by atoms with Gasteiger partial charge in [-0.1, -0.05) is 18.2 Å². The molecule has 0 fully saturated rings. The van der Waals surface area contributed by atoms with E-state index in [-0.39, 0.29) is 11.4 Å². The molecule has 0 aliphatic rings. The monoisotopic (exact) mass is 281 g/mol. The summed E-state index contributed by atoms with van der Waals surface area (Å²) >= 11 is 5.73. The predicted octanol–water partition coefficient (Wildman–Crippen LogP) is 3.96. The molecule has 0 atom stereocenters. The summed E-state index contributed by atoms with van der Waals surface area (Å²) in [6.45, 7) is 0. The van der Waals surface area contributed by atoms with E-state index < -0.39 is 17.5 Å². The van der Waals surface area contributed by atoms with Crippen molar-refractivity contribution < 1.29 is 13.6 Å². The number of amides is 1. The number of anilines is 1. The molecule has 98 valence electrons. The Hall–Kier alpha value is -1.94. The fourth-order valence-corrected chi connectivity index (χ4v) is 1.85. The molecule has 0 radical (unpaired) electrons. The average Bonchev–Trinajstić information content (AvgIpc) is 2.42. The van der Waals surface area contributed by atoms with Gasteiger partial charge in [0.05, 0.1) is 5.56 Å². The van der Waals surface area contributed by atoms with E-state index in [0.717, 1.165) is 18.2 Å². The molecule has 0 aliphatic carbocycles. The van der Waals surface area contributed by atoms with Gasteiger partial charge in [0.2, 0.25) is 0 Å². The molecule has 0 unspecified atom stereocenters. The Morgan fingerprint density at radius 3 is 2.63 bits per heavy atom. The maximum Gasteiger partial charge on any atom is 0.258 e. The van der Waals surface area contributed by atoms with Crippen molar-refractivity contribution in [2.45, 2.75) is 5.88 Å². The van der Waals surface area contributed by atoms with Gasteiger partial charge in [-0.05, 0) is 29.8 Å². The number of hydrogen-bond acceptors (Lipinski definition) is 1. The summed E-state index contributed by atoms with van der Waals surface area (Å²) in [4.78, 5) is 11.9. The summed E-state index contributed by atoms with van der Waals surface area (Å²) in [5.41, 5.74) is 0.838. The second-order valence-electron chi connectivity index (χ2n) is 3.87. The van der Waals surface area contributed by atoms with Crippen molar-refractivity contribution >= 4 is 23.2 Å². The Morgan fingerprint density at radius 1 is 1.16 bits per heavy atom. The van der Waals surface area contributed by atoms with Crippen molar-refractivity contribution in [1.82, 2.24) is 0 Å². The first kappa shape index (κ1) is 13.5. The Kier molecular flexibility index (Phi) is 4.12. The Bertz CT molecular complexity index is 616. The number of hydrogen-bond donors (Lipinski definition) is 1. The summed E-state index contributed by atoms with van der Waals surface area (Å²) in [6.07, 6.45) is 0. The van der Waals surface area contributed by atoms with Crippen molar-refractivity contribution in [3.63, 3.8) is 0 Å². The summed E-state index contributed by atoms with van der Waals surface area (Å²) in [5, 5.41) is 2.52. The third-order valence-electron chi connectivity index (χ3n) is 2.58. The van der Waals surface area contributed by atoms with E-state index in [1.807, 2.05) is 0 Å². The first-order valence-corrected chi connectivity index (χ1v) is 6.05. The van der Waals surface area contributed by atoms with Crippen molar-refractivity contribution in [3.05, 3.63) is 65.2 Å². The average molecular weight is 282 g/mol. The van der Waals surface area contributed by atoms with Crippen molar-refractivity contribution in [3.8, 4) is 0 Å². The first-order valence-electron chi connectivity index (χ1n) is 5.52. The van der Waals surface area contributed by atoms with Crippen LogP contribution in [0.4, 0.5) is 14.5 Å². The summed E-state index contributed by atoms with van der Waals surface area (Å²) in [6, 6.07) is 9.60. The second-order valence-corrected chi connectivity index (χ2v) is 4.14. The lowest BCUT2D eigenvalue weighted by Gasteiger charge is -2.09. The molecule has 1 N–H and O–H groups in total. The maximum absolute atomic E-state index is 13.5. The molecule has 1 amide bonds. The second kappa shape index (κ2) is 5.80. The lowest BCUT2D eigenvalue weighted by atomic mass is 10.1. The fraction of sp³-hybridized carbons (Fsp3) is 0.0714. The number of carbonyl (C=O) groups is 1. The third kappa shape index (κ3) is 3.09. The highest BCUT2D eigenvalue weighted by Gasteiger charge is 2.14. The van der Waals surface area contributed by atoms with E-state index in [2.05, 4.69) is 5.32 Å². The van der Waals surface area contributed by atoms with Gasteiger partial charge in [-0.15, -0.1) is 11.6 Å². The van der Waals surface area contributed by atoms with Crippen molar-refractivity contribution in [1.29, 1.82) is 0 Å². The minimum absolute atomic E-state index is 0.210. The molecule has 2 rings (SSSR count). The number of carbonyl (C=O) groups excluding carboxylic acids is 1. The molecule has 19 heavy (non-hydrogen) atoms. The fourth-order valence-electron chi connectivity index (χ4n) is 1.62. The molecule has 0 saturated heterocycles. The van der Waals surface area contributed by atoms with E-state index in [9.17, 15) is 13.6 Å². The molecular formula is C14H10ClF2NO. The van der Waals surface area contributed by atoms with Crippen molar-refractivity contribution in [2.75, 3.05) is 5.32 Å². The minimum atomic E-state index is -0.776. The highest BCUT2D eigenvalue weighted by atomic mass is 35.5. The Balaban J connectivity index is 2.28. The van der Waals surface area contributed by atoms with Gasteiger partial charge in [-0.25, -0.2) is 8.78 Å². The number of nitrogens with one attached hydrogen (secondary N) is 1. The quantitative estimate of drug-likeness (QED) is 0.848. The Morgan fingerprint density at radius 2 is 1.89 bits per heavy atom. The standard InChI is InChI=1S/C14H10ClF2NO/c15-8-9-3-1-2-4-13(9)18-14(19)11-7-10(16)5-6-12(11)17/h1-7H,8H2,(H,18,19). The number of halogens is 3. The minimum Gasteiger partial charge on any atom is -0.322 e. The van der Waals surface area contributed by atoms with Gasteiger partial charge in [0, 0.05) is 11.6 Å². The zero-order valence-corrected chi connectivity index (χ0v) is 10.5. The van der Waals surface area contributed by atoms with Gasteiger partial charge in [0.15, 0.2) is 0 Å². The van der Waals surface area contributed by atoms with Crippen LogP contribution in [0.25, 0.3) is 0 Å². The largest absolute Gasteiger partial charge is 0.322 e. The third-order valence-corrected chi connectivity index (χ3v) is 2.87. The molecule has 2 nitrogen and oxygen atoms in total. The van der Waals surface area contributed by atoms with E-state index in [1.54, 1.807) is 24.3 Å². The van der Waals surface area contributed by atoms with Crippen LogP contribution in [0.5, 0.6) is 0 Å². The van der Waals surface area contributed by atoms with Crippen LogP contribution in [-0.4, -0.2) is 5.91 Å². The number of para-hydroxylation sites is 1. The molecule has 0 saturated carbocycles. The van der Waals surface area contributed by atoms with Crippen molar-refractivity contribution in [2.24, 2.45) is 0 Å². The van der Waals surface area contributed by atoms with E-state index >= 15 is 0 Å². The molecule has 0 aromatic heterocycles. The number of alkyl halides is 1. The molecule has 2 aromatic rings. The van der Waals surface area contributed by atoms with Crippen LogP contribution in [0.2, 0.25) is 0 Å². The molecule has 0 bridgehead atoms. The summed E-state index contributed by atoms with van der Waals surface area (Å²) in [5.74, 6) is -1.95. The Labute approximate surface area is 114 Å². The molecule has 5 heteroatoms. The topological polar surface area (TPSA) is 29.1 Å².